The number of fused-ring (bicyclic) bond motifs is 3. The van der Waals surface area contributed by atoms with E-state index < -0.39 is 0 Å². The summed E-state index contributed by atoms with van der Waals surface area (Å²) in [6.07, 6.45) is 1.51. The molecule has 0 spiro atoms. The lowest BCUT2D eigenvalue weighted by Gasteiger charge is -2.03. The number of aromatic amines is 1. The van der Waals surface area contributed by atoms with E-state index in [1.165, 1.54) is 6.33 Å². The van der Waals surface area contributed by atoms with Gasteiger partial charge < -0.3 is 5.73 Å². The second-order valence-electron chi connectivity index (χ2n) is 5.56. The molecule has 0 aliphatic carbocycles. The number of hydrogen-bond donors (Lipinski definition) is 2. The molecule has 0 fully saturated rings. The van der Waals surface area contributed by atoms with Crippen LogP contribution in [-0.4, -0.2) is 30.6 Å². The van der Waals surface area contributed by atoms with Crippen LogP contribution in [0.4, 0.5) is 5.82 Å². The molecule has 0 unspecified atom stereocenters. The third-order valence-corrected chi connectivity index (χ3v) is 5.27. The zero-order valence-electron chi connectivity index (χ0n) is 12.8. The Kier molecular flexibility index (Phi) is 2.98. The largest absolute Gasteiger partial charge is 0.382 e. The molecule has 0 amide bonds. The SMILES string of the molecule is Nc1ncnc2c1sc1cc(-c3ccc(-c4nn[nH]n4)cc3)ccc12. The van der Waals surface area contributed by atoms with Crippen LogP contribution in [0.1, 0.15) is 0 Å². The second-order valence-corrected chi connectivity index (χ2v) is 6.61. The first-order chi connectivity index (χ1) is 12.3. The highest BCUT2D eigenvalue weighted by molar-refractivity contribution is 7.26. The van der Waals surface area contributed by atoms with Crippen molar-refractivity contribution in [3.63, 3.8) is 0 Å². The van der Waals surface area contributed by atoms with Gasteiger partial charge in [-0.25, -0.2) is 9.97 Å². The summed E-state index contributed by atoms with van der Waals surface area (Å²) in [6.45, 7) is 0. The van der Waals surface area contributed by atoms with E-state index in [4.69, 9.17) is 5.73 Å². The Bertz CT molecular complexity index is 1190. The Hall–Kier alpha value is -3.39. The van der Waals surface area contributed by atoms with E-state index in [0.717, 1.165) is 37.0 Å². The maximum Gasteiger partial charge on any atom is 0.204 e. The second kappa shape index (κ2) is 5.32. The quantitative estimate of drug-likeness (QED) is 0.508. The lowest BCUT2D eigenvalue weighted by atomic mass is 10.0. The van der Waals surface area contributed by atoms with Crippen LogP contribution in [0.15, 0.2) is 48.8 Å². The van der Waals surface area contributed by atoms with Gasteiger partial charge in [-0.1, -0.05) is 36.4 Å². The average Bonchev–Trinajstić information content (AvgIpc) is 3.30. The minimum Gasteiger partial charge on any atom is -0.382 e. The molecule has 120 valence electrons. The summed E-state index contributed by atoms with van der Waals surface area (Å²) in [5, 5.41) is 15.1. The minimum atomic E-state index is 0.525. The van der Waals surface area contributed by atoms with E-state index in [0.29, 0.717) is 11.6 Å². The number of thiophene rings is 1. The lowest BCUT2D eigenvalue weighted by Crippen LogP contribution is -1.89. The number of rotatable bonds is 2. The predicted octanol–water partition coefficient (Wildman–Crippen LogP) is 3.27. The van der Waals surface area contributed by atoms with E-state index in [2.05, 4.69) is 48.8 Å². The van der Waals surface area contributed by atoms with Crippen molar-refractivity contribution in [1.82, 2.24) is 30.6 Å². The molecule has 0 saturated carbocycles. The van der Waals surface area contributed by atoms with E-state index in [9.17, 15) is 0 Å². The van der Waals surface area contributed by atoms with Gasteiger partial charge in [0.2, 0.25) is 5.82 Å². The van der Waals surface area contributed by atoms with Crippen LogP contribution in [0.25, 0.3) is 42.8 Å². The number of H-pyrrole nitrogens is 1. The Morgan fingerprint density at radius 2 is 1.72 bits per heavy atom. The highest BCUT2D eigenvalue weighted by Crippen LogP contribution is 2.37. The number of hydrogen-bond acceptors (Lipinski definition) is 7. The van der Waals surface area contributed by atoms with Gasteiger partial charge in [-0.15, -0.1) is 21.5 Å². The normalized spacial score (nSPS) is 11.4. The number of tetrazole rings is 1. The first kappa shape index (κ1) is 14.0. The molecular formula is C17H11N7S. The van der Waals surface area contributed by atoms with E-state index in [-0.39, 0.29) is 0 Å². The van der Waals surface area contributed by atoms with Gasteiger partial charge in [0, 0.05) is 15.6 Å². The van der Waals surface area contributed by atoms with Gasteiger partial charge in [0.1, 0.15) is 12.1 Å². The molecule has 0 aliphatic heterocycles. The molecule has 7 nitrogen and oxygen atoms in total. The monoisotopic (exact) mass is 345 g/mol. The Morgan fingerprint density at radius 1 is 0.920 bits per heavy atom. The zero-order chi connectivity index (χ0) is 16.8. The summed E-state index contributed by atoms with van der Waals surface area (Å²) < 4.78 is 2.07. The van der Waals surface area contributed by atoms with Crippen molar-refractivity contribution in [3.8, 4) is 22.5 Å². The Balaban J connectivity index is 1.61. The molecule has 0 saturated heterocycles. The standard InChI is InChI=1S/C17H11N7S/c18-16-15-14(19-8-20-16)12-6-5-11(7-13(12)25-15)9-1-3-10(4-2-9)17-21-23-24-22-17/h1-8H,(H2,18,19,20)(H,21,22,23,24). The van der Waals surface area contributed by atoms with Crippen LogP contribution < -0.4 is 5.73 Å². The highest BCUT2D eigenvalue weighted by Gasteiger charge is 2.11. The summed E-state index contributed by atoms with van der Waals surface area (Å²) >= 11 is 1.62. The van der Waals surface area contributed by atoms with Crippen molar-refractivity contribution in [2.24, 2.45) is 0 Å². The average molecular weight is 345 g/mol. The number of nitrogen functional groups attached to an aromatic ring is 1. The fourth-order valence-corrected chi connectivity index (χ4v) is 3.96. The molecular weight excluding hydrogens is 334 g/mol. The van der Waals surface area contributed by atoms with Gasteiger partial charge in [0.15, 0.2) is 0 Å². The van der Waals surface area contributed by atoms with Crippen LogP contribution in [0.5, 0.6) is 0 Å². The Morgan fingerprint density at radius 3 is 2.52 bits per heavy atom. The zero-order valence-corrected chi connectivity index (χ0v) is 13.7. The fraction of sp³-hybridized carbons (Fsp3) is 0. The fourth-order valence-electron chi connectivity index (χ4n) is 2.87. The predicted molar refractivity (Wildman–Crippen MR) is 97.9 cm³/mol. The number of anilines is 1. The van der Waals surface area contributed by atoms with Crippen LogP contribution in [0, 0.1) is 0 Å². The van der Waals surface area contributed by atoms with Crippen LogP contribution >= 0.6 is 11.3 Å². The van der Waals surface area contributed by atoms with Crippen molar-refractivity contribution in [3.05, 3.63) is 48.8 Å². The third kappa shape index (κ3) is 2.23. The van der Waals surface area contributed by atoms with Crippen molar-refractivity contribution >= 4 is 37.5 Å². The van der Waals surface area contributed by atoms with Crippen LogP contribution in [0.3, 0.4) is 0 Å². The molecule has 3 aromatic heterocycles. The van der Waals surface area contributed by atoms with Gasteiger partial charge in [-0.3, -0.25) is 0 Å². The summed E-state index contributed by atoms with van der Waals surface area (Å²) in [5.41, 5.74) is 10.0. The molecule has 3 heterocycles. The first-order valence-corrected chi connectivity index (χ1v) is 8.38. The van der Waals surface area contributed by atoms with E-state index in [1.807, 2.05) is 24.3 Å². The molecule has 8 heteroatoms. The topological polar surface area (TPSA) is 106 Å². The van der Waals surface area contributed by atoms with Crippen LogP contribution in [-0.2, 0) is 0 Å². The van der Waals surface area contributed by atoms with Crippen LogP contribution in [0.2, 0.25) is 0 Å². The molecule has 0 atom stereocenters. The van der Waals surface area contributed by atoms with Crippen molar-refractivity contribution < 1.29 is 0 Å². The van der Waals surface area contributed by atoms with Crippen molar-refractivity contribution in [2.45, 2.75) is 0 Å². The number of nitrogens with zero attached hydrogens (tertiary/aromatic N) is 5. The van der Waals surface area contributed by atoms with Crippen molar-refractivity contribution in [2.75, 3.05) is 5.73 Å². The number of nitrogens with two attached hydrogens (primary N) is 1. The molecule has 2 aromatic carbocycles. The van der Waals surface area contributed by atoms with Gasteiger partial charge in [-0.05, 0) is 22.4 Å². The third-order valence-electron chi connectivity index (χ3n) is 4.10. The molecule has 25 heavy (non-hydrogen) atoms. The molecule has 0 radical (unpaired) electrons. The summed E-state index contributed by atoms with van der Waals surface area (Å²) in [5.74, 6) is 1.11. The van der Waals surface area contributed by atoms with Gasteiger partial charge in [-0.2, -0.15) is 5.21 Å². The minimum absolute atomic E-state index is 0.525. The first-order valence-electron chi connectivity index (χ1n) is 7.56. The van der Waals surface area contributed by atoms with Crippen molar-refractivity contribution in [1.29, 1.82) is 0 Å². The number of aromatic nitrogens is 6. The highest BCUT2D eigenvalue weighted by atomic mass is 32.1. The molecule has 0 bridgehead atoms. The molecule has 5 aromatic rings. The lowest BCUT2D eigenvalue weighted by molar-refractivity contribution is 0.881. The maximum absolute atomic E-state index is 5.97. The number of nitrogens with one attached hydrogen (secondary N) is 1. The summed E-state index contributed by atoms with van der Waals surface area (Å²) in [7, 11) is 0. The summed E-state index contributed by atoms with van der Waals surface area (Å²) in [4.78, 5) is 8.44. The van der Waals surface area contributed by atoms with Gasteiger partial charge >= 0.3 is 0 Å². The van der Waals surface area contributed by atoms with Gasteiger partial charge in [0.25, 0.3) is 0 Å². The van der Waals surface area contributed by atoms with E-state index in [1.54, 1.807) is 11.3 Å². The molecule has 5 rings (SSSR count). The molecule has 0 aliphatic rings. The van der Waals surface area contributed by atoms with E-state index >= 15 is 0 Å². The molecule has 3 N–H and O–H groups in total. The summed E-state index contributed by atoms with van der Waals surface area (Å²) in [6, 6.07) is 14.4. The smallest absolute Gasteiger partial charge is 0.204 e. The maximum atomic E-state index is 5.97. The number of benzene rings is 2. The Labute approximate surface area is 145 Å². The van der Waals surface area contributed by atoms with Gasteiger partial charge in [0.05, 0.1) is 10.2 Å².